The molecule has 0 spiro atoms. The predicted molar refractivity (Wildman–Crippen MR) is 158 cm³/mol. The van der Waals surface area contributed by atoms with Gasteiger partial charge in [-0.3, -0.25) is 14.4 Å². The van der Waals surface area contributed by atoms with Crippen LogP contribution in [-0.2, 0) is 19.9 Å². The first-order valence-corrected chi connectivity index (χ1v) is 14.9. The number of benzene rings is 2. The Morgan fingerprint density at radius 3 is 2.57 bits per heavy atom. The summed E-state index contributed by atoms with van der Waals surface area (Å²) in [5.74, 6) is -1.26. The van der Waals surface area contributed by atoms with Crippen LogP contribution in [0, 0.1) is 0 Å². The van der Waals surface area contributed by atoms with Gasteiger partial charge in [-0.1, -0.05) is 42.5 Å². The van der Waals surface area contributed by atoms with Gasteiger partial charge in [0.1, 0.15) is 6.54 Å². The Morgan fingerprint density at radius 1 is 1.14 bits per heavy atom. The standard InChI is InChI=1S/C31H34ClN5O5/c1-18-27(32)28(35-30(33-18)34-21-9-13-42-14-10-21)19-7-8-22-23(15-19)29(41)37(24(22)16-26(39)40)17-25(38)36-31(11-12-31)20-5-3-2-4-6-20/h2-8,15,18,21,24,27H,9-14,16-17H2,1H3,(H,33,34)(H,36,38)(H,39,40). The molecule has 2 aromatic carbocycles. The van der Waals surface area contributed by atoms with Gasteiger partial charge in [0.2, 0.25) is 11.9 Å². The maximum atomic E-state index is 13.7. The number of carbonyl (C=O) groups excluding carboxylic acids is 2. The molecule has 3 N–H and O–H groups in total. The molecule has 0 aromatic heterocycles. The summed E-state index contributed by atoms with van der Waals surface area (Å²) in [4.78, 5) is 49.5. The van der Waals surface area contributed by atoms with Gasteiger partial charge >= 0.3 is 5.97 Å². The van der Waals surface area contributed by atoms with Crippen molar-refractivity contribution in [3.63, 3.8) is 0 Å². The Labute approximate surface area is 249 Å². The minimum absolute atomic E-state index is 0.205. The number of aliphatic imine (C=N–C) groups is 2. The summed E-state index contributed by atoms with van der Waals surface area (Å²) in [6.45, 7) is 3.04. The number of carbonyl (C=O) groups is 3. The van der Waals surface area contributed by atoms with Gasteiger partial charge in [-0.25, -0.2) is 9.98 Å². The summed E-state index contributed by atoms with van der Waals surface area (Å²) in [5.41, 5.74) is 2.77. The number of ether oxygens (including phenoxy) is 1. The summed E-state index contributed by atoms with van der Waals surface area (Å²) >= 11 is 6.76. The SMILES string of the molecule is CC1N=C(NC2CCOCC2)N=C(c2ccc3c(c2)C(=O)N(CC(=O)NC2(c4ccccc4)CC2)C3CC(=O)O)C1Cl. The number of halogens is 1. The summed E-state index contributed by atoms with van der Waals surface area (Å²) < 4.78 is 5.45. The molecule has 2 amide bonds. The molecule has 3 heterocycles. The van der Waals surface area contributed by atoms with Crippen LogP contribution in [0.15, 0.2) is 58.5 Å². The topological polar surface area (TPSA) is 133 Å². The van der Waals surface area contributed by atoms with E-state index in [2.05, 4.69) is 15.6 Å². The Morgan fingerprint density at radius 2 is 1.88 bits per heavy atom. The number of hydrogen-bond acceptors (Lipinski definition) is 7. The van der Waals surface area contributed by atoms with Crippen LogP contribution >= 0.6 is 11.6 Å². The van der Waals surface area contributed by atoms with Crippen molar-refractivity contribution in [2.75, 3.05) is 19.8 Å². The Balaban J connectivity index is 1.24. The van der Waals surface area contributed by atoms with Crippen LogP contribution in [0.3, 0.4) is 0 Å². The number of amides is 2. The number of aliphatic carboxylic acids is 1. The summed E-state index contributed by atoms with van der Waals surface area (Å²) in [7, 11) is 0. The number of carboxylic acids is 1. The molecular formula is C31H34ClN5O5. The van der Waals surface area contributed by atoms with E-state index in [0.29, 0.717) is 41.6 Å². The van der Waals surface area contributed by atoms with Crippen molar-refractivity contribution in [3.05, 3.63) is 70.8 Å². The molecule has 1 saturated carbocycles. The fourth-order valence-corrected chi connectivity index (χ4v) is 6.29. The van der Waals surface area contributed by atoms with Crippen molar-refractivity contribution in [2.45, 2.75) is 68.1 Å². The number of alkyl halides is 1. The second-order valence-corrected chi connectivity index (χ2v) is 11.9. The molecule has 220 valence electrons. The van der Waals surface area contributed by atoms with Crippen molar-refractivity contribution >= 4 is 41.1 Å². The van der Waals surface area contributed by atoms with Gasteiger partial charge in [-0.15, -0.1) is 11.6 Å². The quantitative estimate of drug-likeness (QED) is 0.403. The van der Waals surface area contributed by atoms with Crippen molar-refractivity contribution in [2.24, 2.45) is 9.98 Å². The van der Waals surface area contributed by atoms with E-state index in [4.69, 9.17) is 21.3 Å². The summed E-state index contributed by atoms with van der Waals surface area (Å²) in [5, 5.41) is 15.7. The van der Waals surface area contributed by atoms with E-state index in [9.17, 15) is 19.5 Å². The van der Waals surface area contributed by atoms with Gasteiger partial charge < -0.3 is 25.4 Å². The first-order chi connectivity index (χ1) is 20.2. The summed E-state index contributed by atoms with van der Waals surface area (Å²) in [6, 6.07) is 14.2. The summed E-state index contributed by atoms with van der Waals surface area (Å²) in [6.07, 6.45) is 3.03. The van der Waals surface area contributed by atoms with E-state index < -0.39 is 22.9 Å². The zero-order chi connectivity index (χ0) is 29.4. The molecule has 3 aliphatic heterocycles. The van der Waals surface area contributed by atoms with Crippen molar-refractivity contribution in [1.82, 2.24) is 15.5 Å². The molecule has 2 aromatic rings. The average molecular weight is 592 g/mol. The maximum Gasteiger partial charge on any atom is 0.305 e. The highest BCUT2D eigenvalue weighted by molar-refractivity contribution is 6.37. The van der Waals surface area contributed by atoms with Crippen LogP contribution in [0.25, 0.3) is 0 Å². The van der Waals surface area contributed by atoms with E-state index in [1.165, 1.54) is 4.90 Å². The zero-order valence-corrected chi connectivity index (χ0v) is 24.1. The van der Waals surface area contributed by atoms with Crippen LogP contribution in [0.1, 0.15) is 72.1 Å². The smallest absolute Gasteiger partial charge is 0.305 e. The molecule has 6 rings (SSSR count). The molecule has 3 atom stereocenters. The molecule has 3 unspecified atom stereocenters. The average Bonchev–Trinajstić information content (AvgIpc) is 3.72. The van der Waals surface area contributed by atoms with Crippen molar-refractivity contribution < 1.29 is 24.2 Å². The molecule has 11 heteroatoms. The van der Waals surface area contributed by atoms with E-state index in [1.54, 1.807) is 12.1 Å². The normalized spacial score (nSPS) is 24.9. The van der Waals surface area contributed by atoms with Crippen LogP contribution in [0.4, 0.5) is 0 Å². The van der Waals surface area contributed by atoms with Gasteiger partial charge in [-0.2, -0.15) is 0 Å². The van der Waals surface area contributed by atoms with Crippen LogP contribution in [0.2, 0.25) is 0 Å². The second kappa shape index (κ2) is 11.5. The number of nitrogens with one attached hydrogen (secondary N) is 2. The lowest BCUT2D eigenvalue weighted by Gasteiger charge is -2.28. The van der Waals surface area contributed by atoms with Crippen molar-refractivity contribution in [1.29, 1.82) is 0 Å². The molecule has 4 aliphatic rings. The van der Waals surface area contributed by atoms with Gasteiger partial charge in [0, 0.05) is 24.8 Å². The fraction of sp³-hybridized carbons (Fsp3) is 0.452. The molecule has 0 radical (unpaired) electrons. The molecule has 1 saturated heterocycles. The lowest BCUT2D eigenvalue weighted by molar-refractivity contribution is -0.138. The van der Waals surface area contributed by atoms with E-state index in [1.807, 2.05) is 43.3 Å². The Kier molecular flexibility index (Phi) is 7.76. The first-order valence-electron chi connectivity index (χ1n) is 14.4. The molecule has 1 aliphatic carbocycles. The van der Waals surface area contributed by atoms with Crippen LogP contribution in [0.5, 0.6) is 0 Å². The minimum atomic E-state index is -1.05. The lowest BCUT2D eigenvalue weighted by atomic mass is 9.95. The van der Waals surface area contributed by atoms with E-state index in [0.717, 1.165) is 31.2 Å². The van der Waals surface area contributed by atoms with E-state index in [-0.39, 0.29) is 36.9 Å². The third kappa shape index (κ3) is 5.65. The lowest BCUT2D eigenvalue weighted by Crippen LogP contribution is -2.43. The van der Waals surface area contributed by atoms with Crippen LogP contribution in [-0.4, -0.2) is 76.7 Å². The number of rotatable bonds is 8. The number of fused-ring (bicyclic) bond motifs is 1. The molecule has 2 fully saturated rings. The highest BCUT2D eigenvalue weighted by atomic mass is 35.5. The van der Waals surface area contributed by atoms with E-state index >= 15 is 0 Å². The van der Waals surface area contributed by atoms with Gasteiger partial charge in [0.05, 0.1) is 35.1 Å². The first kappa shape index (κ1) is 28.4. The highest BCUT2D eigenvalue weighted by Crippen LogP contribution is 2.45. The van der Waals surface area contributed by atoms with Crippen LogP contribution < -0.4 is 10.6 Å². The number of carboxylic acid groups (broad SMARTS) is 1. The monoisotopic (exact) mass is 591 g/mol. The van der Waals surface area contributed by atoms with Gasteiger partial charge in [-0.05, 0) is 55.4 Å². The number of hydrogen-bond donors (Lipinski definition) is 3. The van der Waals surface area contributed by atoms with Crippen molar-refractivity contribution in [3.8, 4) is 0 Å². The molecule has 0 bridgehead atoms. The highest BCUT2D eigenvalue weighted by Gasteiger charge is 2.47. The third-order valence-electron chi connectivity index (χ3n) is 8.50. The third-order valence-corrected chi connectivity index (χ3v) is 9.08. The second-order valence-electron chi connectivity index (χ2n) is 11.5. The molecular weight excluding hydrogens is 558 g/mol. The Bertz CT molecular complexity index is 1450. The van der Waals surface area contributed by atoms with Gasteiger partial charge in [0.25, 0.3) is 5.91 Å². The molecule has 42 heavy (non-hydrogen) atoms. The minimum Gasteiger partial charge on any atom is -0.481 e. The largest absolute Gasteiger partial charge is 0.481 e. The fourth-order valence-electron chi connectivity index (χ4n) is 6.06. The zero-order valence-electron chi connectivity index (χ0n) is 23.4. The molecule has 10 nitrogen and oxygen atoms in total. The number of guanidine groups is 1. The maximum absolute atomic E-state index is 13.7. The predicted octanol–water partition coefficient (Wildman–Crippen LogP) is 3.39. The number of nitrogens with zero attached hydrogens (tertiary/aromatic N) is 3. The van der Waals surface area contributed by atoms with Gasteiger partial charge in [0.15, 0.2) is 0 Å². The Hall–Kier alpha value is -3.76.